The molecule has 2 nitrogen and oxygen atoms in total. The smallest absolute Gasteiger partial charge is 0.128 e. The van der Waals surface area contributed by atoms with Crippen LogP contribution in [0.4, 0.5) is 10.1 Å². The Morgan fingerprint density at radius 2 is 2.00 bits per heavy atom. The maximum absolute atomic E-state index is 13.6. The maximum atomic E-state index is 13.6. The van der Waals surface area contributed by atoms with Gasteiger partial charge in [0.25, 0.3) is 0 Å². The third-order valence-electron chi connectivity index (χ3n) is 3.16. The Labute approximate surface area is 89.9 Å². The highest BCUT2D eigenvalue weighted by molar-refractivity contribution is 5.42. The number of halogens is 1. The molecule has 3 heteroatoms. The van der Waals surface area contributed by atoms with Crippen molar-refractivity contribution >= 4 is 5.69 Å². The predicted molar refractivity (Wildman–Crippen MR) is 60.0 cm³/mol. The number of nitrogens with two attached hydrogens (primary N) is 1. The second-order valence-electron chi connectivity index (χ2n) is 4.20. The van der Waals surface area contributed by atoms with Crippen LogP contribution in [0, 0.1) is 5.82 Å². The molecule has 1 aliphatic heterocycles. The van der Waals surface area contributed by atoms with Gasteiger partial charge in [-0.05, 0) is 51.1 Å². The second-order valence-corrected chi connectivity index (χ2v) is 4.20. The van der Waals surface area contributed by atoms with Crippen molar-refractivity contribution in [2.45, 2.75) is 25.8 Å². The van der Waals surface area contributed by atoms with Crippen molar-refractivity contribution in [2.24, 2.45) is 0 Å². The number of benzene rings is 1. The summed E-state index contributed by atoms with van der Waals surface area (Å²) in [7, 11) is 0. The third-order valence-corrected chi connectivity index (χ3v) is 3.16. The van der Waals surface area contributed by atoms with Gasteiger partial charge >= 0.3 is 0 Å². The fourth-order valence-corrected chi connectivity index (χ4v) is 2.21. The molecule has 0 saturated carbocycles. The first kappa shape index (κ1) is 10.4. The van der Waals surface area contributed by atoms with Gasteiger partial charge in [-0.3, -0.25) is 4.90 Å². The number of nitrogen functional groups attached to an aromatic ring is 1. The van der Waals surface area contributed by atoms with E-state index in [0.717, 1.165) is 18.7 Å². The molecule has 82 valence electrons. The molecule has 1 aromatic rings. The zero-order valence-electron chi connectivity index (χ0n) is 9.04. The van der Waals surface area contributed by atoms with Crippen molar-refractivity contribution in [3.8, 4) is 0 Å². The Morgan fingerprint density at radius 1 is 1.33 bits per heavy atom. The Bertz CT molecular complexity index is 345. The molecule has 2 rings (SSSR count). The van der Waals surface area contributed by atoms with E-state index in [0.29, 0.717) is 5.69 Å². The molecule has 0 spiro atoms. The molecule has 1 aliphatic rings. The van der Waals surface area contributed by atoms with E-state index in [4.69, 9.17) is 5.73 Å². The van der Waals surface area contributed by atoms with Crippen LogP contribution >= 0.6 is 0 Å². The lowest BCUT2D eigenvalue weighted by Gasteiger charge is -2.24. The van der Waals surface area contributed by atoms with Gasteiger partial charge in [0.15, 0.2) is 0 Å². The summed E-state index contributed by atoms with van der Waals surface area (Å²) in [6, 6.07) is 4.95. The van der Waals surface area contributed by atoms with Gasteiger partial charge in [-0.1, -0.05) is 0 Å². The first-order chi connectivity index (χ1) is 7.18. The minimum Gasteiger partial charge on any atom is -0.399 e. The van der Waals surface area contributed by atoms with E-state index in [2.05, 4.69) is 4.90 Å². The summed E-state index contributed by atoms with van der Waals surface area (Å²) in [4.78, 5) is 2.30. The first-order valence-corrected chi connectivity index (χ1v) is 5.47. The Morgan fingerprint density at radius 3 is 2.67 bits per heavy atom. The summed E-state index contributed by atoms with van der Waals surface area (Å²) in [5.74, 6) is -0.149. The molecule has 15 heavy (non-hydrogen) atoms. The lowest BCUT2D eigenvalue weighted by Crippen LogP contribution is -2.24. The molecule has 1 heterocycles. The first-order valence-electron chi connectivity index (χ1n) is 5.47. The molecule has 1 unspecified atom stereocenters. The number of nitrogens with zero attached hydrogens (tertiary/aromatic N) is 1. The Hall–Kier alpha value is -1.09. The van der Waals surface area contributed by atoms with Gasteiger partial charge in [0.05, 0.1) is 0 Å². The van der Waals surface area contributed by atoms with E-state index in [9.17, 15) is 4.39 Å². The molecule has 1 saturated heterocycles. The van der Waals surface area contributed by atoms with E-state index < -0.39 is 0 Å². The molecule has 0 aromatic heterocycles. The van der Waals surface area contributed by atoms with Gasteiger partial charge < -0.3 is 5.73 Å². The van der Waals surface area contributed by atoms with Gasteiger partial charge in [-0.15, -0.1) is 0 Å². The lowest BCUT2D eigenvalue weighted by molar-refractivity contribution is 0.258. The SMILES string of the molecule is CC(c1cc(N)ccc1F)N1CCCC1. The standard InChI is InChI=1S/C12H17FN2/c1-9(15-6-2-3-7-15)11-8-10(14)4-5-12(11)13/h4-5,8-9H,2-3,6-7,14H2,1H3. The van der Waals surface area contributed by atoms with Crippen molar-refractivity contribution in [1.29, 1.82) is 0 Å². The fraction of sp³-hybridized carbons (Fsp3) is 0.500. The van der Waals surface area contributed by atoms with Crippen LogP contribution in [0.1, 0.15) is 31.4 Å². The summed E-state index contributed by atoms with van der Waals surface area (Å²) >= 11 is 0. The van der Waals surface area contributed by atoms with E-state index >= 15 is 0 Å². The van der Waals surface area contributed by atoms with E-state index in [-0.39, 0.29) is 11.9 Å². The fourth-order valence-electron chi connectivity index (χ4n) is 2.21. The van der Waals surface area contributed by atoms with Crippen molar-refractivity contribution < 1.29 is 4.39 Å². The molecule has 1 fully saturated rings. The topological polar surface area (TPSA) is 29.3 Å². The summed E-state index contributed by atoms with van der Waals surface area (Å²) in [5, 5.41) is 0. The molecular formula is C12H17FN2. The van der Waals surface area contributed by atoms with E-state index in [1.54, 1.807) is 12.1 Å². The van der Waals surface area contributed by atoms with Crippen LogP contribution in [-0.4, -0.2) is 18.0 Å². The third kappa shape index (κ3) is 2.12. The number of rotatable bonds is 2. The summed E-state index contributed by atoms with van der Waals surface area (Å²) in [5.41, 5.74) is 7.03. The molecule has 1 aromatic carbocycles. The summed E-state index contributed by atoms with van der Waals surface area (Å²) < 4.78 is 13.6. The van der Waals surface area contributed by atoms with Crippen molar-refractivity contribution in [1.82, 2.24) is 4.90 Å². The maximum Gasteiger partial charge on any atom is 0.128 e. The van der Waals surface area contributed by atoms with Gasteiger partial charge in [-0.25, -0.2) is 4.39 Å². The Balaban J connectivity index is 2.23. The van der Waals surface area contributed by atoms with E-state index in [1.165, 1.54) is 18.9 Å². The molecule has 0 bridgehead atoms. The minimum atomic E-state index is -0.149. The molecule has 0 radical (unpaired) electrons. The lowest BCUT2D eigenvalue weighted by atomic mass is 10.1. The van der Waals surface area contributed by atoms with Gasteiger partial charge in [0, 0.05) is 17.3 Å². The average Bonchev–Trinajstić information content (AvgIpc) is 2.74. The monoisotopic (exact) mass is 208 g/mol. The van der Waals surface area contributed by atoms with E-state index in [1.807, 2.05) is 6.92 Å². The average molecular weight is 208 g/mol. The van der Waals surface area contributed by atoms with Crippen LogP contribution in [0.15, 0.2) is 18.2 Å². The van der Waals surface area contributed by atoms with Crippen LogP contribution in [-0.2, 0) is 0 Å². The van der Waals surface area contributed by atoms with Gasteiger partial charge in [0.1, 0.15) is 5.82 Å². The van der Waals surface area contributed by atoms with Crippen LogP contribution in [0.5, 0.6) is 0 Å². The minimum absolute atomic E-state index is 0.135. The van der Waals surface area contributed by atoms with Crippen LogP contribution in [0.2, 0.25) is 0 Å². The molecule has 0 amide bonds. The highest BCUT2D eigenvalue weighted by Crippen LogP contribution is 2.27. The van der Waals surface area contributed by atoms with Gasteiger partial charge in [0.2, 0.25) is 0 Å². The van der Waals surface area contributed by atoms with Crippen molar-refractivity contribution in [2.75, 3.05) is 18.8 Å². The van der Waals surface area contributed by atoms with Crippen LogP contribution < -0.4 is 5.73 Å². The molecule has 1 atom stereocenters. The van der Waals surface area contributed by atoms with Crippen LogP contribution in [0.25, 0.3) is 0 Å². The number of hydrogen-bond donors (Lipinski definition) is 1. The normalized spacial score (nSPS) is 19.3. The second kappa shape index (κ2) is 4.19. The molecule has 2 N–H and O–H groups in total. The zero-order valence-corrected chi connectivity index (χ0v) is 9.04. The summed E-state index contributed by atoms with van der Waals surface area (Å²) in [6.45, 7) is 4.17. The predicted octanol–water partition coefficient (Wildman–Crippen LogP) is 2.56. The largest absolute Gasteiger partial charge is 0.399 e. The van der Waals surface area contributed by atoms with Crippen LogP contribution in [0.3, 0.4) is 0 Å². The quantitative estimate of drug-likeness (QED) is 0.757. The highest BCUT2D eigenvalue weighted by Gasteiger charge is 2.21. The van der Waals surface area contributed by atoms with Crippen molar-refractivity contribution in [3.05, 3.63) is 29.6 Å². The molecule has 0 aliphatic carbocycles. The van der Waals surface area contributed by atoms with Gasteiger partial charge in [-0.2, -0.15) is 0 Å². The number of hydrogen-bond acceptors (Lipinski definition) is 2. The zero-order chi connectivity index (χ0) is 10.8. The number of anilines is 1. The highest BCUT2D eigenvalue weighted by atomic mass is 19.1. The summed E-state index contributed by atoms with van der Waals surface area (Å²) in [6.07, 6.45) is 2.43. The Kier molecular flexibility index (Phi) is 2.91. The molecular weight excluding hydrogens is 191 g/mol. The number of likely N-dealkylation sites (tertiary alicyclic amines) is 1. The van der Waals surface area contributed by atoms with Crippen molar-refractivity contribution in [3.63, 3.8) is 0 Å².